The summed E-state index contributed by atoms with van der Waals surface area (Å²) in [6.45, 7) is 0.803. The standard InChI is InChI=1S/C10H11N3O2/c1-14-8-6-9-11-3-4-13(9)12-10(8)7-2-5-15-7/h3-4,6-7H,2,5H2,1H3. The second-order valence-electron chi connectivity index (χ2n) is 3.48. The van der Waals surface area contributed by atoms with Crippen molar-refractivity contribution >= 4 is 5.65 Å². The van der Waals surface area contributed by atoms with Gasteiger partial charge >= 0.3 is 0 Å². The summed E-state index contributed by atoms with van der Waals surface area (Å²) in [4.78, 5) is 4.15. The lowest BCUT2D eigenvalue weighted by Crippen LogP contribution is -2.21. The Morgan fingerprint density at radius 1 is 1.60 bits per heavy atom. The van der Waals surface area contributed by atoms with Crippen LogP contribution >= 0.6 is 0 Å². The minimum absolute atomic E-state index is 0.0757. The SMILES string of the molecule is COc1cc2nccn2nc1C1CCO1. The summed E-state index contributed by atoms with van der Waals surface area (Å²) in [5.41, 5.74) is 1.64. The van der Waals surface area contributed by atoms with E-state index in [9.17, 15) is 0 Å². The maximum absolute atomic E-state index is 5.41. The van der Waals surface area contributed by atoms with Gasteiger partial charge in [-0.2, -0.15) is 5.10 Å². The summed E-state index contributed by atoms with van der Waals surface area (Å²) < 4.78 is 12.4. The van der Waals surface area contributed by atoms with Gasteiger partial charge in [0.15, 0.2) is 5.65 Å². The van der Waals surface area contributed by atoms with Crippen LogP contribution in [0.25, 0.3) is 5.65 Å². The smallest absolute Gasteiger partial charge is 0.157 e. The van der Waals surface area contributed by atoms with Crippen molar-refractivity contribution in [3.63, 3.8) is 0 Å². The van der Waals surface area contributed by atoms with Crippen LogP contribution in [0.5, 0.6) is 5.75 Å². The van der Waals surface area contributed by atoms with Gasteiger partial charge in [0.25, 0.3) is 0 Å². The van der Waals surface area contributed by atoms with E-state index in [-0.39, 0.29) is 6.10 Å². The average Bonchev–Trinajstić information content (AvgIpc) is 2.60. The number of methoxy groups -OCH3 is 1. The molecule has 0 amide bonds. The van der Waals surface area contributed by atoms with E-state index in [2.05, 4.69) is 10.1 Å². The van der Waals surface area contributed by atoms with E-state index in [1.165, 1.54) is 0 Å². The molecule has 1 aliphatic rings. The topological polar surface area (TPSA) is 48.7 Å². The Kier molecular flexibility index (Phi) is 1.85. The molecule has 3 heterocycles. The number of imidazole rings is 1. The number of ether oxygens (including phenoxy) is 2. The van der Waals surface area contributed by atoms with Crippen LogP contribution in [0.2, 0.25) is 0 Å². The highest BCUT2D eigenvalue weighted by Crippen LogP contribution is 2.33. The molecule has 1 atom stereocenters. The van der Waals surface area contributed by atoms with Gasteiger partial charge in [0.05, 0.1) is 13.7 Å². The minimum atomic E-state index is 0.0757. The molecular formula is C10H11N3O2. The lowest BCUT2D eigenvalue weighted by Gasteiger charge is -2.26. The highest BCUT2D eigenvalue weighted by molar-refractivity contribution is 5.45. The molecule has 0 aromatic carbocycles. The summed E-state index contributed by atoms with van der Waals surface area (Å²) >= 11 is 0. The molecule has 15 heavy (non-hydrogen) atoms. The van der Waals surface area contributed by atoms with Crippen molar-refractivity contribution in [2.45, 2.75) is 12.5 Å². The van der Waals surface area contributed by atoms with Gasteiger partial charge < -0.3 is 9.47 Å². The van der Waals surface area contributed by atoms with Crippen molar-refractivity contribution in [2.24, 2.45) is 0 Å². The van der Waals surface area contributed by atoms with Crippen LogP contribution in [0.1, 0.15) is 18.2 Å². The molecule has 0 spiro atoms. The molecule has 1 saturated heterocycles. The van der Waals surface area contributed by atoms with E-state index >= 15 is 0 Å². The quantitative estimate of drug-likeness (QED) is 0.739. The third-order valence-electron chi connectivity index (χ3n) is 2.60. The van der Waals surface area contributed by atoms with Gasteiger partial charge in [-0.3, -0.25) is 0 Å². The largest absolute Gasteiger partial charge is 0.495 e. The maximum atomic E-state index is 5.41. The van der Waals surface area contributed by atoms with Crippen LogP contribution in [-0.2, 0) is 4.74 Å². The van der Waals surface area contributed by atoms with Gasteiger partial charge in [-0.05, 0) is 0 Å². The van der Waals surface area contributed by atoms with Gasteiger partial charge in [-0.25, -0.2) is 9.50 Å². The molecule has 0 bridgehead atoms. The van der Waals surface area contributed by atoms with Gasteiger partial charge in [0, 0.05) is 24.9 Å². The fourth-order valence-electron chi connectivity index (χ4n) is 1.69. The van der Waals surface area contributed by atoms with E-state index in [0.29, 0.717) is 0 Å². The van der Waals surface area contributed by atoms with Crippen LogP contribution in [0.15, 0.2) is 18.5 Å². The molecule has 3 rings (SSSR count). The van der Waals surface area contributed by atoms with E-state index in [1.54, 1.807) is 17.8 Å². The summed E-state index contributed by atoms with van der Waals surface area (Å²) in [5.74, 6) is 0.749. The predicted molar refractivity (Wildman–Crippen MR) is 52.8 cm³/mol. The summed E-state index contributed by atoms with van der Waals surface area (Å²) in [7, 11) is 1.64. The Hall–Kier alpha value is -1.62. The van der Waals surface area contributed by atoms with E-state index in [1.807, 2.05) is 12.3 Å². The van der Waals surface area contributed by atoms with Crippen molar-refractivity contribution in [3.8, 4) is 5.75 Å². The van der Waals surface area contributed by atoms with Gasteiger partial charge in [-0.15, -0.1) is 0 Å². The molecule has 5 heteroatoms. The first-order valence-electron chi connectivity index (χ1n) is 4.88. The first-order chi connectivity index (χ1) is 7.38. The van der Waals surface area contributed by atoms with Gasteiger partial charge in [-0.1, -0.05) is 0 Å². The first-order valence-corrected chi connectivity index (χ1v) is 4.88. The second kappa shape index (κ2) is 3.20. The molecule has 0 saturated carbocycles. The maximum Gasteiger partial charge on any atom is 0.157 e. The lowest BCUT2D eigenvalue weighted by atomic mass is 10.1. The fourth-order valence-corrected chi connectivity index (χ4v) is 1.69. The summed E-state index contributed by atoms with van der Waals surface area (Å²) in [5, 5.41) is 4.43. The first kappa shape index (κ1) is 8.67. The van der Waals surface area contributed by atoms with Crippen LogP contribution in [0.3, 0.4) is 0 Å². The highest BCUT2D eigenvalue weighted by atomic mass is 16.5. The van der Waals surface area contributed by atoms with Crippen molar-refractivity contribution < 1.29 is 9.47 Å². The van der Waals surface area contributed by atoms with Crippen LogP contribution in [0.4, 0.5) is 0 Å². The Bertz CT molecular complexity index is 490. The Morgan fingerprint density at radius 3 is 3.13 bits per heavy atom. The van der Waals surface area contributed by atoms with Crippen molar-refractivity contribution in [1.82, 2.24) is 14.6 Å². The van der Waals surface area contributed by atoms with Crippen LogP contribution in [0, 0.1) is 0 Å². The predicted octanol–water partition coefficient (Wildman–Crippen LogP) is 1.20. The van der Waals surface area contributed by atoms with Crippen molar-refractivity contribution in [3.05, 3.63) is 24.2 Å². The Balaban J connectivity index is 2.15. The molecule has 5 nitrogen and oxygen atoms in total. The Labute approximate surface area is 86.6 Å². The molecule has 0 radical (unpaired) electrons. The van der Waals surface area contributed by atoms with Crippen LogP contribution in [-0.4, -0.2) is 28.3 Å². The Morgan fingerprint density at radius 2 is 2.47 bits per heavy atom. The minimum Gasteiger partial charge on any atom is -0.495 e. The molecule has 1 unspecified atom stereocenters. The molecule has 1 fully saturated rings. The van der Waals surface area contributed by atoms with Gasteiger partial charge in [0.1, 0.15) is 17.5 Å². The lowest BCUT2D eigenvalue weighted by molar-refractivity contribution is -0.0570. The number of rotatable bonds is 2. The summed E-state index contributed by atoms with van der Waals surface area (Å²) in [6, 6.07) is 1.88. The molecular weight excluding hydrogens is 194 g/mol. The summed E-state index contributed by atoms with van der Waals surface area (Å²) in [6.07, 6.45) is 4.61. The monoisotopic (exact) mass is 205 g/mol. The van der Waals surface area contributed by atoms with E-state index < -0.39 is 0 Å². The zero-order valence-corrected chi connectivity index (χ0v) is 8.38. The van der Waals surface area contributed by atoms with Crippen molar-refractivity contribution in [1.29, 1.82) is 0 Å². The third-order valence-corrected chi connectivity index (χ3v) is 2.60. The number of nitrogens with zero attached hydrogens (tertiary/aromatic N) is 3. The normalized spacial score (nSPS) is 20.2. The third kappa shape index (κ3) is 1.27. The fraction of sp³-hybridized carbons (Fsp3) is 0.400. The van der Waals surface area contributed by atoms with Crippen LogP contribution < -0.4 is 4.74 Å². The molecule has 1 aliphatic heterocycles. The zero-order chi connectivity index (χ0) is 10.3. The number of aromatic nitrogens is 3. The van der Waals surface area contributed by atoms with Crippen molar-refractivity contribution in [2.75, 3.05) is 13.7 Å². The second-order valence-corrected chi connectivity index (χ2v) is 3.48. The molecule has 78 valence electrons. The average molecular weight is 205 g/mol. The number of hydrogen-bond donors (Lipinski definition) is 0. The molecule has 0 N–H and O–H groups in total. The number of hydrogen-bond acceptors (Lipinski definition) is 4. The van der Waals surface area contributed by atoms with E-state index in [0.717, 1.165) is 30.1 Å². The highest BCUT2D eigenvalue weighted by Gasteiger charge is 2.26. The molecule has 2 aromatic rings. The zero-order valence-electron chi connectivity index (χ0n) is 8.38. The van der Waals surface area contributed by atoms with Gasteiger partial charge in [0.2, 0.25) is 0 Å². The number of fused-ring (bicyclic) bond motifs is 1. The molecule has 0 aliphatic carbocycles. The van der Waals surface area contributed by atoms with E-state index in [4.69, 9.17) is 9.47 Å². The molecule has 2 aromatic heterocycles.